The van der Waals surface area contributed by atoms with E-state index in [1.807, 2.05) is 12.1 Å². The highest BCUT2D eigenvalue weighted by Crippen LogP contribution is 2.32. The van der Waals surface area contributed by atoms with Gasteiger partial charge in [0, 0.05) is 17.8 Å². The van der Waals surface area contributed by atoms with Gasteiger partial charge < -0.3 is 14.8 Å². The number of rotatable bonds is 4. The van der Waals surface area contributed by atoms with Crippen molar-refractivity contribution in [1.29, 1.82) is 0 Å². The van der Waals surface area contributed by atoms with Crippen LogP contribution in [0.4, 0.5) is 5.69 Å². The molecule has 0 heterocycles. The van der Waals surface area contributed by atoms with E-state index in [0.29, 0.717) is 6.04 Å². The third-order valence-corrected chi connectivity index (χ3v) is 3.85. The van der Waals surface area contributed by atoms with E-state index in [4.69, 9.17) is 9.47 Å². The van der Waals surface area contributed by atoms with Gasteiger partial charge in [0.15, 0.2) is 11.5 Å². The number of methoxy groups -OCH3 is 2. The van der Waals surface area contributed by atoms with E-state index in [2.05, 4.69) is 18.3 Å². The van der Waals surface area contributed by atoms with Crippen LogP contribution in [0.25, 0.3) is 0 Å². The Morgan fingerprint density at radius 2 is 1.78 bits per heavy atom. The van der Waals surface area contributed by atoms with Crippen molar-refractivity contribution in [3.63, 3.8) is 0 Å². The molecule has 0 spiro atoms. The van der Waals surface area contributed by atoms with Crippen molar-refractivity contribution in [1.82, 2.24) is 0 Å². The Balaban J connectivity index is 2.08. The highest BCUT2D eigenvalue weighted by molar-refractivity contribution is 5.55. The SMILES string of the molecule is COc1ccc(NC2CCCCC2C)cc1OC. The van der Waals surface area contributed by atoms with Crippen LogP contribution >= 0.6 is 0 Å². The average molecular weight is 249 g/mol. The molecule has 3 heteroatoms. The Morgan fingerprint density at radius 3 is 2.44 bits per heavy atom. The van der Waals surface area contributed by atoms with Crippen molar-refractivity contribution < 1.29 is 9.47 Å². The zero-order valence-electron chi connectivity index (χ0n) is 11.5. The van der Waals surface area contributed by atoms with Crippen LogP contribution < -0.4 is 14.8 Å². The maximum Gasteiger partial charge on any atom is 0.162 e. The summed E-state index contributed by atoms with van der Waals surface area (Å²) >= 11 is 0. The van der Waals surface area contributed by atoms with Crippen molar-refractivity contribution >= 4 is 5.69 Å². The molecule has 0 radical (unpaired) electrons. The Bertz CT molecular complexity index is 392. The molecule has 1 aromatic rings. The van der Waals surface area contributed by atoms with Gasteiger partial charge in [0.1, 0.15) is 0 Å². The smallest absolute Gasteiger partial charge is 0.162 e. The molecule has 0 saturated heterocycles. The van der Waals surface area contributed by atoms with Crippen LogP contribution in [-0.4, -0.2) is 20.3 Å². The van der Waals surface area contributed by atoms with Crippen molar-refractivity contribution in [2.75, 3.05) is 19.5 Å². The van der Waals surface area contributed by atoms with E-state index in [1.165, 1.54) is 25.7 Å². The standard InChI is InChI=1S/C15H23NO2/c1-11-6-4-5-7-13(11)16-12-8-9-14(17-2)15(10-12)18-3/h8-11,13,16H,4-7H2,1-3H3. The minimum atomic E-state index is 0.580. The Morgan fingerprint density at radius 1 is 1.06 bits per heavy atom. The molecule has 1 saturated carbocycles. The third kappa shape index (κ3) is 2.89. The lowest BCUT2D eigenvalue weighted by molar-refractivity contribution is 0.347. The molecule has 1 N–H and O–H groups in total. The normalized spacial score (nSPS) is 23.5. The van der Waals surface area contributed by atoms with Gasteiger partial charge in [-0.15, -0.1) is 0 Å². The molecular formula is C15H23NO2. The average Bonchev–Trinajstić information content (AvgIpc) is 2.41. The molecule has 0 amide bonds. The summed E-state index contributed by atoms with van der Waals surface area (Å²) in [6.45, 7) is 2.33. The molecular weight excluding hydrogens is 226 g/mol. The van der Waals surface area contributed by atoms with Crippen LogP contribution in [0.3, 0.4) is 0 Å². The molecule has 3 nitrogen and oxygen atoms in total. The molecule has 100 valence electrons. The maximum absolute atomic E-state index is 5.33. The summed E-state index contributed by atoms with van der Waals surface area (Å²) < 4.78 is 10.6. The lowest BCUT2D eigenvalue weighted by Gasteiger charge is -2.30. The van der Waals surface area contributed by atoms with Crippen molar-refractivity contribution in [2.24, 2.45) is 5.92 Å². The van der Waals surface area contributed by atoms with E-state index < -0.39 is 0 Å². The third-order valence-electron chi connectivity index (χ3n) is 3.85. The summed E-state index contributed by atoms with van der Waals surface area (Å²) in [6, 6.07) is 6.61. The molecule has 1 fully saturated rings. The van der Waals surface area contributed by atoms with Gasteiger partial charge in [-0.2, -0.15) is 0 Å². The number of hydrogen-bond acceptors (Lipinski definition) is 3. The summed E-state index contributed by atoms with van der Waals surface area (Å²) in [4.78, 5) is 0. The summed E-state index contributed by atoms with van der Waals surface area (Å²) in [5.41, 5.74) is 1.12. The lowest BCUT2D eigenvalue weighted by atomic mass is 9.86. The zero-order valence-corrected chi connectivity index (χ0v) is 11.5. The molecule has 2 unspecified atom stereocenters. The minimum Gasteiger partial charge on any atom is -0.493 e. The predicted molar refractivity (Wildman–Crippen MR) is 74.6 cm³/mol. The maximum atomic E-state index is 5.33. The first-order valence-corrected chi connectivity index (χ1v) is 6.73. The molecule has 0 aromatic heterocycles. The second-order valence-electron chi connectivity index (χ2n) is 5.08. The van der Waals surface area contributed by atoms with E-state index in [-0.39, 0.29) is 0 Å². The second-order valence-corrected chi connectivity index (χ2v) is 5.08. The molecule has 18 heavy (non-hydrogen) atoms. The first kappa shape index (κ1) is 13.1. The fourth-order valence-electron chi connectivity index (χ4n) is 2.67. The van der Waals surface area contributed by atoms with Gasteiger partial charge in [-0.05, 0) is 30.9 Å². The Kier molecular flexibility index (Phi) is 4.34. The van der Waals surface area contributed by atoms with Gasteiger partial charge in [-0.25, -0.2) is 0 Å². The summed E-state index contributed by atoms with van der Waals surface area (Å²) in [6.07, 6.45) is 5.28. The first-order valence-electron chi connectivity index (χ1n) is 6.73. The summed E-state index contributed by atoms with van der Waals surface area (Å²) in [5.74, 6) is 2.30. The van der Waals surface area contributed by atoms with Crippen molar-refractivity contribution in [2.45, 2.75) is 38.6 Å². The van der Waals surface area contributed by atoms with E-state index in [1.54, 1.807) is 14.2 Å². The molecule has 2 rings (SSSR count). The van der Waals surface area contributed by atoms with Gasteiger partial charge in [0.05, 0.1) is 14.2 Å². The van der Waals surface area contributed by atoms with Gasteiger partial charge in [-0.1, -0.05) is 19.8 Å². The van der Waals surface area contributed by atoms with Crippen LogP contribution in [0.2, 0.25) is 0 Å². The van der Waals surface area contributed by atoms with E-state index >= 15 is 0 Å². The largest absolute Gasteiger partial charge is 0.493 e. The second kappa shape index (κ2) is 5.98. The first-order chi connectivity index (χ1) is 8.74. The topological polar surface area (TPSA) is 30.5 Å². The van der Waals surface area contributed by atoms with E-state index in [0.717, 1.165) is 23.1 Å². The highest BCUT2D eigenvalue weighted by atomic mass is 16.5. The fraction of sp³-hybridized carbons (Fsp3) is 0.600. The zero-order chi connectivity index (χ0) is 13.0. The number of anilines is 1. The lowest BCUT2D eigenvalue weighted by Crippen LogP contribution is -2.30. The fourth-order valence-corrected chi connectivity index (χ4v) is 2.67. The monoisotopic (exact) mass is 249 g/mol. The van der Waals surface area contributed by atoms with Crippen molar-refractivity contribution in [3.05, 3.63) is 18.2 Å². The molecule has 1 aliphatic carbocycles. The van der Waals surface area contributed by atoms with Crippen LogP contribution in [0, 0.1) is 5.92 Å². The van der Waals surface area contributed by atoms with Gasteiger partial charge >= 0.3 is 0 Å². The predicted octanol–water partition coefficient (Wildman–Crippen LogP) is 3.69. The quantitative estimate of drug-likeness (QED) is 0.882. The molecule has 0 aliphatic heterocycles. The summed E-state index contributed by atoms with van der Waals surface area (Å²) in [5, 5.41) is 3.62. The molecule has 1 aromatic carbocycles. The van der Waals surface area contributed by atoms with Crippen LogP contribution in [-0.2, 0) is 0 Å². The summed E-state index contributed by atoms with van der Waals surface area (Å²) in [7, 11) is 3.33. The Labute approximate surface area is 109 Å². The number of nitrogens with one attached hydrogen (secondary N) is 1. The van der Waals surface area contributed by atoms with Gasteiger partial charge in [-0.3, -0.25) is 0 Å². The minimum absolute atomic E-state index is 0.580. The highest BCUT2D eigenvalue weighted by Gasteiger charge is 2.21. The molecule has 1 aliphatic rings. The molecule has 0 bridgehead atoms. The number of hydrogen-bond donors (Lipinski definition) is 1. The van der Waals surface area contributed by atoms with Crippen LogP contribution in [0.15, 0.2) is 18.2 Å². The van der Waals surface area contributed by atoms with Gasteiger partial charge in [0.2, 0.25) is 0 Å². The number of ether oxygens (including phenoxy) is 2. The van der Waals surface area contributed by atoms with Crippen LogP contribution in [0.5, 0.6) is 11.5 Å². The van der Waals surface area contributed by atoms with Crippen LogP contribution in [0.1, 0.15) is 32.6 Å². The van der Waals surface area contributed by atoms with E-state index in [9.17, 15) is 0 Å². The van der Waals surface area contributed by atoms with Crippen molar-refractivity contribution in [3.8, 4) is 11.5 Å². The molecule has 2 atom stereocenters. The van der Waals surface area contributed by atoms with Gasteiger partial charge in [0.25, 0.3) is 0 Å². The Hall–Kier alpha value is -1.38. The number of benzene rings is 1.